The molecule has 0 spiro atoms. The van der Waals surface area contributed by atoms with Crippen LogP contribution in [0.15, 0.2) is 0 Å². The molecule has 0 bridgehead atoms. The Labute approximate surface area is 83.8 Å². The number of carbonyl (C=O) groups excluding carboxylic acids is 1. The molecule has 0 radical (unpaired) electrons. The van der Waals surface area contributed by atoms with Gasteiger partial charge in [-0.15, -0.1) is 0 Å². The molecular weight excluding hydrogens is 182 g/mol. The van der Waals surface area contributed by atoms with E-state index in [0.717, 1.165) is 25.7 Å². The van der Waals surface area contributed by atoms with Gasteiger partial charge in [0.2, 0.25) is 0 Å². The van der Waals surface area contributed by atoms with Crippen LogP contribution in [-0.4, -0.2) is 35.3 Å². The van der Waals surface area contributed by atoms with Gasteiger partial charge in [-0.25, -0.2) is 5.06 Å². The lowest BCUT2D eigenvalue weighted by Gasteiger charge is -2.26. The van der Waals surface area contributed by atoms with Gasteiger partial charge in [-0.3, -0.25) is 9.63 Å². The number of nitrogens with zero attached hydrogens (tertiary/aromatic N) is 1. The third-order valence-electron chi connectivity index (χ3n) is 3.25. The number of aliphatic hydroxyl groups excluding tert-OH is 1. The summed E-state index contributed by atoms with van der Waals surface area (Å²) in [6.45, 7) is 2.58. The van der Waals surface area contributed by atoms with Gasteiger partial charge in [0.05, 0.1) is 12.6 Å². The van der Waals surface area contributed by atoms with E-state index in [1.807, 2.05) is 6.92 Å². The van der Waals surface area contributed by atoms with Crippen LogP contribution >= 0.6 is 0 Å². The zero-order chi connectivity index (χ0) is 10.2. The third-order valence-corrected chi connectivity index (χ3v) is 3.25. The molecule has 1 heterocycles. The van der Waals surface area contributed by atoms with E-state index in [1.165, 1.54) is 5.06 Å². The van der Waals surface area contributed by atoms with E-state index in [1.54, 1.807) is 0 Å². The highest BCUT2D eigenvalue weighted by Crippen LogP contribution is 2.39. The summed E-state index contributed by atoms with van der Waals surface area (Å²) in [5, 5.41) is 10.6. The Balaban J connectivity index is 2.00. The van der Waals surface area contributed by atoms with Crippen LogP contribution in [0.25, 0.3) is 0 Å². The lowest BCUT2D eigenvalue weighted by molar-refractivity contribution is -0.179. The van der Waals surface area contributed by atoms with E-state index in [0.29, 0.717) is 6.54 Å². The van der Waals surface area contributed by atoms with Gasteiger partial charge in [-0.2, -0.15) is 0 Å². The Morgan fingerprint density at radius 1 is 1.50 bits per heavy atom. The minimum Gasteiger partial charge on any atom is -0.389 e. The molecule has 2 rings (SSSR count). The summed E-state index contributed by atoms with van der Waals surface area (Å²) in [5.41, 5.74) is -0.246. The molecule has 1 saturated carbocycles. The molecule has 1 saturated heterocycles. The molecule has 0 unspecified atom stereocenters. The molecule has 4 heteroatoms. The van der Waals surface area contributed by atoms with Gasteiger partial charge in [0, 0.05) is 5.41 Å². The Morgan fingerprint density at radius 2 is 2.14 bits per heavy atom. The summed E-state index contributed by atoms with van der Waals surface area (Å²) in [6, 6.07) is 0. The smallest absolute Gasteiger partial charge is 0.252 e. The van der Waals surface area contributed by atoms with Crippen LogP contribution in [0.1, 0.15) is 32.6 Å². The van der Waals surface area contributed by atoms with Crippen LogP contribution in [0.2, 0.25) is 0 Å². The standard InChI is InChI=1S/C10H17NO3/c1-10(4-2-3-5-10)9(13)11-6-8(12)7-14-11/h8,12H,2-7H2,1H3/t8-/m1/s1. The van der Waals surface area contributed by atoms with E-state index in [4.69, 9.17) is 4.84 Å². The quantitative estimate of drug-likeness (QED) is 0.676. The molecule has 80 valence electrons. The van der Waals surface area contributed by atoms with Gasteiger partial charge in [-0.1, -0.05) is 19.8 Å². The van der Waals surface area contributed by atoms with Crippen molar-refractivity contribution in [3.63, 3.8) is 0 Å². The van der Waals surface area contributed by atoms with Gasteiger partial charge in [0.25, 0.3) is 5.91 Å². The molecule has 1 amide bonds. The highest BCUT2D eigenvalue weighted by atomic mass is 16.7. The Kier molecular flexibility index (Phi) is 2.49. The van der Waals surface area contributed by atoms with Crippen molar-refractivity contribution in [1.29, 1.82) is 0 Å². The Bertz CT molecular complexity index is 236. The summed E-state index contributed by atoms with van der Waals surface area (Å²) in [6.07, 6.45) is 3.63. The van der Waals surface area contributed by atoms with Gasteiger partial charge >= 0.3 is 0 Å². The van der Waals surface area contributed by atoms with Crippen LogP contribution < -0.4 is 0 Å². The topological polar surface area (TPSA) is 49.8 Å². The van der Waals surface area contributed by atoms with E-state index in [-0.39, 0.29) is 17.9 Å². The monoisotopic (exact) mass is 199 g/mol. The number of carbonyl (C=O) groups is 1. The summed E-state index contributed by atoms with van der Waals surface area (Å²) in [5.74, 6) is 0.0477. The van der Waals surface area contributed by atoms with Gasteiger partial charge in [0.15, 0.2) is 0 Å². The molecule has 14 heavy (non-hydrogen) atoms. The minimum absolute atomic E-state index is 0.0477. The van der Waals surface area contributed by atoms with Crippen molar-refractivity contribution in [3.05, 3.63) is 0 Å². The van der Waals surface area contributed by atoms with E-state index in [9.17, 15) is 9.90 Å². The van der Waals surface area contributed by atoms with Crippen molar-refractivity contribution in [3.8, 4) is 0 Å². The molecule has 1 N–H and O–H groups in total. The minimum atomic E-state index is -0.510. The largest absolute Gasteiger partial charge is 0.389 e. The average molecular weight is 199 g/mol. The normalized spacial score (nSPS) is 31.0. The molecule has 1 aliphatic carbocycles. The highest BCUT2D eigenvalue weighted by Gasteiger charge is 2.41. The molecule has 0 aromatic rings. The predicted molar refractivity (Wildman–Crippen MR) is 50.2 cm³/mol. The lowest BCUT2D eigenvalue weighted by atomic mass is 9.88. The lowest BCUT2D eigenvalue weighted by Crippen LogP contribution is -2.39. The van der Waals surface area contributed by atoms with Crippen LogP contribution in [-0.2, 0) is 9.63 Å². The number of hydroxylamine groups is 2. The molecular formula is C10H17NO3. The van der Waals surface area contributed by atoms with Gasteiger partial charge in [0.1, 0.15) is 6.61 Å². The van der Waals surface area contributed by atoms with Crippen LogP contribution in [0.3, 0.4) is 0 Å². The SMILES string of the molecule is CC1(C(=O)N2C[C@@H](O)CO2)CCCC1. The first-order valence-corrected chi connectivity index (χ1v) is 5.25. The second-order valence-corrected chi connectivity index (χ2v) is 4.58. The maximum absolute atomic E-state index is 12.0. The van der Waals surface area contributed by atoms with Crippen molar-refractivity contribution in [1.82, 2.24) is 5.06 Å². The zero-order valence-electron chi connectivity index (χ0n) is 8.53. The van der Waals surface area contributed by atoms with Crippen molar-refractivity contribution < 1.29 is 14.7 Å². The van der Waals surface area contributed by atoms with Gasteiger partial charge < -0.3 is 5.11 Å². The molecule has 2 fully saturated rings. The molecule has 4 nitrogen and oxygen atoms in total. The van der Waals surface area contributed by atoms with Gasteiger partial charge in [-0.05, 0) is 12.8 Å². The van der Waals surface area contributed by atoms with Crippen molar-refractivity contribution in [2.45, 2.75) is 38.7 Å². The number of rotatable bonds is 1. The highest BCUT2D eigenvalue weighted by molar-refractivity contribution is 5.81. The first-order chi connectivity index (χ1) is 6.62. The molecule has 2 aliphatic rings. The van der Waals surface area contributed by atoms with E-state index in [2.05, 4.69) is 0 Å². The Morgan fingerprint density at radius 3 is 2.64 bits per heavy atom. The number of hydrogen-bond acceptors (Lipinski definition) is 3. The molecule has 0 aromatic heterocycles. The Hall–Kier alpha value is -0.610. The summed E-state index contributed by atoms with van der Waals surface area (Å²) < 4.78 is 0. The summed E-state index contributed by atoms with van der Waals surface area (Å²) in [7, 11) is 0. The fourth-order valence-electron chi connectivity index (χ4n) is 2.28. The van der Waals surface area contributed by atoms with Crippen molar-refractivity contribution >= 4 is 5.91 Å². The summed E-state index contributed by atoms with van der Waals surface area (Å²) in [4.78, 5) is 17.1. The van der Waals surface area contributed by atoms with Crippen molar-refractivity contribution in [2.75, 3.05) is 13.2 Å². The fraction of sp³-hybridized carbons (Fsp3) is 0.900. The first kappa shape index (κ1) is 9.93. The molecule has 0 aromatic carbocycles. The fourth-order valence-corrected chi connectivity index (χ4v) is 2.28. The predicted octanol–water partition coefficient (Wildman–Crippen LogP) is 0.701. The number of hydrogen-bond donors (Lipinski definition) is 1. The summed E-state index contributed by atoms with van der Waals surface area (Å²) >= 11 is 0. The van der Waals surface area contributed by atoms with Crippen LogP contribution in [0.5, 0.6) is 0 Å². The maximum atomic E-state index is 12.0. The molecule has 1 atom stereocenters. The first-order valence-electron chi connectivity index (χ1n) is 5.25. The van der Waals surface area contributed by atoms with Crippen LogP contribution in [0.4, 0.5) is 0 Å². The van der Waals surface area contributed by atoms with E-state index < -0.39 is 6.10 Å². The zero-order valence-corrected chi connectivity index (χ0v) is 8.53. The number of aliphatic hydroxyl groups is 1. The third kappa shape index (κ3) is 1.64. The van der Waals surface area contributed by atoms with Crippen LogP contribution in [0, 0.1) is 5.41 Å². The second-order valence-electron chi connectivity index (χ2n) is 4.58. The van der Waals surface area contributed by atoms with E-state index >= 15 is 0 Å². The average Bonchev–Trinajstić information content (AvgIpc) is 2.74. The second kappa shape index (κ2) is 3.51. The number of amides is 1. The number of β-amino-alcohol motifs (C(OH)–C–C–N with tert-alkyl or cyclic N) is 1. The maximum Gasteiger partial charge on any atom is 0.252 e. The van der Waals surface area contributed by atoms with Crippen molar-refractivity contribution in [2.24, 2.45) is 5.41 Å². The molecule has 1 aliphatic heterocycles.